The van der Waals surface area contributed by atoms with E-state index in [-0.39, 0.29) is 0 Å². The molecule has 0 unspecified atom stereocenters. The van der Waals surface area contributed by atoms with Gasteiger partial charge in [-0.25, -0.2) is 0 Å². The van der Waals surface area contributed by atoms with Crippen LogP contribution >= 0.6 is 0 Å². The summed E-state index contributed by atoms with van der Waals surface area (Å²) in [5.74, 6) is 0. The zero-order chi connectivity index (χ0) is 8.53. The summed E-state index contributed by atoms with van der Waals surface area (Å²) >= 11 is 0. The zero-order valence-corrected chi connectivity index (χ0v) is 8.06. The Morgan fingerprint density at radius 2 is 1.91 bits per heavy atom. The van der Waals surface area contributed by atoms with Crippen molar-refractivity contribution in [1.82, 2.24) is 0 Å². The van der Waals surface area contributed by atoms with Gasteiger partial charge in [0.1, 0.15) is 0 Å². The predicted molar refractivity (Wildman–Crippen MR) is 52.7 cm³/mol. The Balaban J connectivity index is 3.23. The van der Waals surface area contributed by atoms with E-state index in [9.17, 15) is 0 Å². The summed E-state index contributed by atoms with van der Waals surface area (Å²) in [5, 5.41) is 0. The molecule has 0 bridgehead atoms. The Morgan fingerprint density at radius 3 is 2.45 bits per heavy atom. The molecular weight excluding hydrogens is 132 g/mol. The first-order valence-corrected chi connectivity index (χ1v) is 4.57. The van der Waals surface area contributed by atoms with Crippen LogP contribution in [0.4, 0.5) is 0 Å². The van der Waals surface area contributed by atoms with Crippen molar-refractivity contribution in [2.45, 2.75) is 46.5 Å². The number of hydrogen-bond acceptors (Lipinski definition) is 0. The Kier molecular flexibility index (Phi) is 7.23. The second-order valence-electron chi connectivity index (χ2n) is 3.17. The van der Waals surface area contributed by atoms with Gasteiger partial charge in [-0.15, -0.1) is 0 Å². The lowest BCUT2D eigenvalue weighted by Crippen LogP contribution is -1.70. The van der Waals surface area contributed by atoms with Crippen LogP contribution in [0.1, 0.15) is 46.5 Å². The van der Waals surface area contributed by atoms with Crippen molar-refractivity contribution < 1.29 is 0 Å². The summed E-state index contributed by atoms with van der Waals surface area (Å²) in [6, 6.07) is 0. The van der Waals surface area contributed by atoms with Crippen LogP contribution in [0, 0.1) is 0 Å². The average molecular weight is 152 g/mol. The lowest BCUT2D eigenvalue weighted by atomic mass is 10.2. The van der Waals surface area contributed by atoms with Crippen LogP contribution in [-0.4, -0.2) is 0 Å². The largest absolute Gasteiger partial charge is 0.0845 e. The summed E-state index contributed by atoms with van der Waals surface area (Å²) in [6.07, 6.45) is 11.8. The molecule has 0 radical (unpaired) electrons. The lowest BCUT2D eigenvalue weighted by Gasteiger charge is -1.90. The minimum absolute atomic E-state index is 1.23. The van der Waals surface area contributed by atoms with Crippen molar-refractivity contribution in [3.05, 3.63) is 23.8 Å². The molecule has 11 heavy (non-hydrogen) atoms. The molecule has 0 aromatic carbocycles. The Hall–Kier alpha value is -0.520. The highest BCUT2D eigenvalue weighted by molar-refractivity contribution is 5.07. The van der Waals surface area contributed by atoms with Gasteiger partial charge in [0.2, 0.25) is 0 Å². The summed E-state index contributed by atoms with van der Waals surface area (Å²) in [4.78, 5) is 0. The van der Waals surface area contributed by atoms with E-state index in [4.69, 9.17) is 0 Å². The molecule has 0 aliphatic carbocycles. The third kappa shape index (κ3) is 9.48. The normalized spacial score (nSPS) is 10.5. The van der Waals surface area contributed by atoms with Gasteiger partial charge in [-0.3, -0.25) is 0 Å². The fourth-order valence-corrected chi connectivity index (χ4v) is 0.869. The quantitative estimate of drug-likeness (QED) is 0.411. The van der Waals surface area contributed by atoms with Crippen molar-refractivity contribution >= 4 is 0 Å². The third-order valence-electron chi connectivity index (χ3n) is 1.54. The minimum atomic E-state index is 1.23. The van der Waals surface area contributed by atoms with Gasteiger partial charge in [-0.2, -0.15) is 0 Å². The maximum absolute atomic E-state index is 2.25. The van der Waals surface area contributed by atoms with Crippen molar-refractivity contribution in [1.29, 1.82) is 0 Å². The molecule has 0 nitrogen and oxygen atoms in total. The Labute approximate surface area is 71.0 Å². The average Bonchev–Trinajstić information content (AvgIpc) is 1.96. The SMILES string of the molecule is CCCCC/C=C\C=C(C)C. The topological polar surface area (TPSA) is 0 Å². The highest BCUT2D eigenvalue weighted by Gasteiger charge is 1.79. The van der Waals surface area contributed by atoms with Gasteiger partial charge in [-0.1, -0.05) is 43.6 Å². The highest BCUT2D eigenvalue weighted by atomic mass is 13.9. The monoisotopic (exact) mass is 152 g/mol. The van der Waals surface area contributed by atoms with Gasteiger partial charge in [-0.05, 0) is 26.7 Å². The van der Waals surface area contributed by atoms with Crippen LogP contribution in [0.15, 0.2) is 23.8 Å². The van der Waals surface area contributed by atoms with E-state index >= 15 is 0 Å². The van der Waals surface area contributed by atoms with E-state index in [1.54, 1.807) is 0 Å². The molecule has 0 amide bonds. The van der Waals surface area contributed by atoms with E-state index < -0.39 is 0 Å². The summed E-state index contributed by atoms with van der Waals surface area (Å²) in [7, 11) is 0. The molecule has 0 atom stereocenters. The molecule has 0 aromatic heterocycles. The second kappa shape index (κ2) is 7.59. The summed E-state index contributed by atoms with van der Waals surface area (Å²) in [6.45, 7) is 6.48. The maximum atomic E-state index is 2.25. The van der Waals surface area contributed by atoms with Gasteiger partial charge in [0.25, 0.3) is 0 Å². The molecule has 0 heterocycles. The standard InChI is InChI=1S/C11H20/c1-4-5-6-7-8-9-10-11(2)3/h8-10H,4-7H2,1-3H3/b9-8-. The van der Waals surface area contributed by atoms with Crippen molar-refractivity contribution in [3.63, 3.8) is 0 Å². The smallest absolute Gasteiger partial charge is 0.0348 e. The minimum Gasteiger partial charge on any atom is -0.0845 e. The Bertz CT molecular complexity index is 125. The first-order chi connectivity index (χ1) is 5.27. The lowest BCUT2D eigenvalue weighted by molar-refractivity contribution is 0.729. The molecule has 0 saturated carbocycles. The predicted octanol–water partition coefficient (Wildman–Crippen LogP) is 4.09. The molecule has 0 aliphatic heterocycles. The van der Waals surface area contributed by atoms with Gasteiger partial charge >= 0.3 is 0 Å². The molecule has 0 fully saturated rings. The van der Waals surface area contributed by atoms with Gasteiger partial charge < -0.3 is 0 Å². The van der Waals surface area contributed by atoms with Crippen molar-refractivity contribution in [2.75, 3.05) is 0 Å². The number of unbranched alkanes of at least 4 members (excludes halogenated alkanes) is 3. The van der Waals surface area contributed by atoms with Crippen LogP contribution in [0.25, 0.3) is 0 Å². The van der Waals surface area contributed by atoms with E-state index in [1.807, 2.05) is 0 Å². The van der Waals surface area contributed by atoms with Gasteiger partial charge in [0, 0.05) is 0 Å². The fraction of sp³-hybridized carbons (Fsp3) is 0.636. The van der Waals surface area contributed by atoms with Crippen LogP contribution in [-0.2, 0) is 0 Å². The molecule has 0 heteroatoms. The van der Waals surface area contributed by atoms with Gasteiger partial charge in [0.15, 0.2) is 0 Å². The summed E-state index contributed by atoms with van der Waals surface area (Å²) < 4.78 is 0. The molecule has 0 spiro atoms. The molecule has 0 rings (SSSR count). The molecule has 0 saturated heterocycles. The third-order valence-corrected chi connectivity index (χ3v) is 1.54. The molecule has 0 aromatic rings. The van der Waals surface area contributed by atoms with Crippen LogP contribution in [0.3, 0.4) is 0 Å². The van der Waals surface area contributed by atoms with E-state index in [2.05, 4.69) is 39.0 Å². The van der Waals surface area contributed by atoms with Gasteiger partial charge in [0.05, 0.1) is 0 Å². The first-order valence-electron chi connectivity index (χ1n) is 4.57. The van der Waals surface area contributed by atoms with Crippen LogP contribution < -0.4 is 0 Å². The van der Waals surface area contributed by atoms with Crippen LogP contribution in [0.2, 0.25) is 0 Å². The zero-order valence-electron chi connectivity index (χ0n) is 8.06. The number of hydrogen-bond donors (Lipinski definition) is 0. The van der Waals surface area contributed by atoms with Crippen molar-refractivity contribution in [3.8, 4) is 0 Å². The molecule has 0 aliphatic rings. The maximum Gasteiger partial charge on any atom is -0.0348 e. The fourth-order valence-electron chi connectivity index (χ4n) is 0.869. The Morgan fingerprint density at radius 1 is 1.18 bits per heavy atom. The van der Waals surface area contributed by atoms with E-state index in [0.717, 1.165) is 0 Å². The number of allylic oxidation sites excluding steroid dienone is 4. The highest BCUT2D eigenvalue weighted by Crippen LogP contribution is 2.00. The van der Waals surface area contributed by atoms with E-state index in [0.29, 0.717) is 0 Å². The molecule has 0 N–H and O–H groups in total. The number of rotatable bonds is 5. The van der Waals surface area contributed by atoms with Crippen molar-refractivity contribution in [2.24, 2.45) is 0 Å². The molecule has 64 valence electrons. The van der Waals surface area contributed by atoms with Crippen LogP contribution in [0.5, 0.6) is 0 Å². The second-order valence-corrected chi connectivity index (χ2v) is 3.17. The summed E-state index contributed by atoms with van der Waals surface area (Å²) in [5.41, 5.74) is 1.37. The molecular formula is C11H20. The first kappa shape index (κ1) is 10.5. The van der Waals surface area contributed by atoms with E-state index in [1.165, 1.54) is 31.3 Å².